The third-order valence-electron chi connectivity index (χ3n) is 4.70. The topological polar surface area (TPSA) is 81.5 Å². The molecule has 0 aliphatic rings. The Kier molecular flexibility index (Phi) is 6.24. The fourth-order valence-corrected chi connectivity index (χ4v) is 3.01. The Labute approximate surface area is 169 Å². The third-order valence-corrected chi connectivity index (χ3v) is 4.70. The van der Waals surface area contributed by atoms with Crippen LogP contribution >= 0.6 is 0 Å². The van der Waals surface area contributed by atoms with Crippen LogP contribution in [-0.2, 0) is 0 Å². The number of nitrogens with one attached hydrogen (secondary N) is 1. The molecule has 0 bridgehead atoms. The standard InChI is InChI=1S/C23H22N2O4/c1-16-3-5-18(6-4-16)23(26)15-22(17-7-13-21(29-2)14-8-17)24-19-9-11-20(12-10-19)25(27)28/h3-14,22,24H,15H2,1-2H3/t22-/m1/s1. The van der Waals surface area contributed by atoms with Gasteiger partial charge in [0.05, 0.1) is 18.1 Å². The minimum Gasteiger partial charge on any atom is -0.497 e. The number of anilines is 1. The van der Waals surface area contributed by atoms with Crippen LogP contribution in [0.2, 0.25) is 0 Å². The molecule has 0 heterocycles. The molecule has 0 saturated heterocycles. The number of aryl methyl sites for hydroxylation is 1. The summed E-state index contributed by atoms with van der Waals surface area (Å²) in [4.78, 5) is 23.3. The van der Waals surface area contributed by atoms with Crippen molar-refractivity contribution in [1.29, 1.82) is 0 Å². The Hall–Kier alpha value is -3.67. The van der Waals surface area contributed by atoms with E-state index in [1.165, 1.54) is 12.1 Å². The van der Waals surface area contributed by atoms with Crippen molar-refractivity contribution in [2.45, 2.75) is 19.4 Å². The molecule has 3 aromatic carbocycles. The number of nitro benzene ring substituents is 1. The minimum absolute atomic E-state index is 0.0141. The molecule has 0 aromatic heterocycles. The van der Waals surface area contributed by atoms with Gasteiger partial charge in [-0.05, 0) is 36.8 Å². The molecule has 0 unspecified atom stereocenters. The van der Waals surface area contributed by atoms with Gasteiger partial charge < -0.3 is 10.1 Å². The zero-order chi connectivity index (χ0) is 20.8. The van der Waals surface area contributed by atoms with E-state index in [1.54, 1.807) is 19.2 Å². The van der Waals surface area contributed by atoms with Gasteiger partial charge in [-0.3, -0.25) is 14.9 Å². The van der Waals surface area contributed by atoms with E-state index >= 15 is 0 Å². The lowest BCUT2D eigenvalue weighted by Gasteiger charge is -2.20. The number of nitro groups is 1. The van der Waals surface area contributed by atoms with Crippen LogP contribution in [-0.4, -0.2) is 17.8 Å². The molecular formula is C23H22N2O4. The van der Waals surface area contributed by atoms with E-state index in [9.17, 15) is 14.9 Å². The molecule has 0 aliphatic heterocycles. The van der Waals surface area contributed by atoms with Crippen molar-refractivity contribution >= 4 is 17.2 Å². The van der Waals surface area contributed by atoms with Gasteiger partial charge in [0.1, 0.15) is 5.75 Å². The van der Waals surface area contributed by atoms with Crippen molar-refractivity contribution in [2.75, 3.05) is 12.4 Å². The summed E-state index contributed by atoms with van der Waals surface area (Å²) in [6.45, 7) is 1.98. The van der Waals surface area contributed by atoms with E-state index in [1.807, 2.05) is 55.5 Å². The zero-order valence-electron chi connectivity index (χ0n) is 16.3. The second-order valence-corrected chi connectivity index (χ2v) is 6.77. The summed E-state index contributed by atoms with van der Waals surface area (Å²) in [7, 11) is 1.60. The van der Waals surface area contributed by atoms with Crippen LogP contribution in [0.15, 0.2) is 72.8 Å². The summed E-state index contributed by atoms with van der Waals surface area (Å²) >= 11 is 0. The molecule has 29 heavy (non-hydrogen) atoms. The van der Waals surface area contributed by atoms with Gasteiger partial charge in [0.15, 0.2) is 5.78 Å². The number of hydrogen-bond donors (Lipinski definition) is 1. The molecule has 0 spiro atoms. The second-order valence-electron chi connectivity index (χ2n) is 6.77. The first-order valence-electron chi connectivity index (χ1n) is 9.21. The highest BCUT2D eigenvalue weighted by Gasteiger charge is 2.18. The number of carbonyl (C=O) groups is 1. The summed E-state index contributed by atoms with van der Waals surface area (Å²) in [5.41, 5.74) is 3.39. The number of hydrogen-bond acceptors (Lipinski definition) is 5. The minimum atomic E-state index is -0.439. The molecule has 0 fully saturated rings. The Bertz CT molecular complexity index is 981. The van der Waals surface area contributed by atoms with Gasteiger partial charge in [0.2, 0.25) is 0 Å². The number of methoxy groups -OCH3 is 1. The molecule has 148 valence electrons. The van der Waals surface area contributed by atoms with Crippen LogP contribution in [0.1, 0.15) is 33.9 Å². The molecule has 6 nitrogen and oxygen atoms in total. The van der Waals surface area contributed by atoms with E-state index < -0.39 is 4.92 Å². The number of Topliss-reactive ketones (excluding diaryl/α,β-unsaturated/α-hetero) is 1. The van der Waals surface area contributed by atoms with Crippen molar-refractivity contribution in [3.05, 3.63) is 99.6 Å². The van der Waals surface area contributed by atoms with Crippen molar-refractivity contribution in [2.24, 2.45) is 0 Å². The molecule has 0 radical (unpaired) electrons. The lowest BCUT2D eigenvalue weighted by atomic mass is 9.97. The molecule has 6 heteroatoms. The third kappa shape index (κ3) is 5.19. The highest BCUT2D eigenvalue weighted by atomic mass is 16.6. The lowest BCUT2D eigenvalue weighted by molar-refractivity contribution is -0.384. The van der Waals surface area contributed by atoms with Gasteiger partial charge in [-0.15, -0.1) is 0 Å². The van der Waals surface area contributed by atoms with Crippen molar-refractivity contribution < 1.29 is 14.5 Å². The largest absolute Gasteiger partial charge is 0.497 e. The van der Waals surface area contributed by atoms with E-state index in [0.29, 0.717) is 11.3 Å². The molecule has 1 N–H and O–H groups in total. The van der Waals surface area contributed by atoms with Crippen LogP contribution < -0.4 is 10.1 Å². The highest BCUT2D eigenvalue weighted by molar-refractivity contribution is 5.96. The van der Waals surface area contributed by atoms with Crippen LogP contribution in [0.25, 0.3) is 0 Å². The fourth-order valence-electron chi connectivity index (χ4n) is 3.01. The predicted molar refractivity (Wildman–Crippen MR) is 113 cm³/mol. The monoisotopic (exact) mass is 390 g/mol. The van der Waals surface area contributed by atoms with Crippen molar-refractivity contribution in [3.8, 4) is 5.75 Å². The summed E-state index contributed by atoms with van der Waals surface area (Å²) in [5, 5.41) is 14.2. The average molecular weight is 390 g/mol. The first-order valence-corrected chi connectivity index (χ1v) is 9.21. The van der Waals surface area contributed by atoms with Crippen LogP contribution in [0.3, 0.4) is 0 Å². The second kappa shape index (κ2) is 9.01. The maximum Gasteiger partial charge on any atom is 0.269 e. The van der Waals surface area contributed by atoms with Gasteiger partial charge in [-0.25, -0.2) is 0 Å². The normalized spacial score (nSPS) is 11.5. The predicted octanol–water partition coefficient (Wildman–Crippen LogP) is 5.34. The number of rotatable bonds is 8. The zero-order valence-corrected chi connectivity index (χ0v) is 16.3. The first-order chi connectivity index (χ1) is 14.0. The van der Waals surface area contributed by atoms with Gasteiger partial charge in [-0.1, -0.05) is 42.0 Å². The van der Waals surface area contributed by atoms with Crippen LogP contribution in [0.5, 0.6) is 5.75 Å². The fraction of sp³-hybridized carbons (Fsp3) is 0.174. The van der Waals surface area contributed by atoms with E-state index in [4.69, 9.17) is 4.74 Å². The number of nitrogens with zero attached hydrogens (tertiary/aromatic N) is 1. The van der Waals surface area contributed by atoms with E-state index in [0.717, 1.165) is 16.9 Å². The van der Waals surface area contributed by atoms with Crippen LogP contribution in [0.4, 0.5) is 11.4 Å². The summed E-state index contributed by atoms with van der Waals surface area (Å²) in [6, 6.07) is 20.9. The molecular weight excluding hydrogens is 368 g/mol. The Morgan fingerprint density at radius 2 is 1.62 bits per heavy atom. The summed E-state index contributed by atoms with van der Waals surface area (Å²) < 4.78 is 5.21. The molecule has 1 atom stereocenters. The molecule has 3 rings (SSSR count). The lowest BCUT2D eigenvalue weighted by Crippen LogP contribution is -2.16. The molecule has 0 amide bonds. The number of ether oxygens (including phenoxy) is 1. The average Bonchev–Trinajstić information content (AvgIpc) is 2.74. The number of ketones is 1. The Balaban J connectivity index is 1.84. The van der Waals surface area contributed by atoms with Gasteiger partial charge in [-0.2, -0.15) is 0 Å². The molecule has 0 saturated carbocycles. The highest BCUT2D eigenvalue weighted by Crippen LogP contribution is 2.27. The summed E-state index contributed by atoms with van der Waals surface area (Å²) in [6.07, 6.45) is 0.242. The smallest absolute Gasteiger partial charge is 0.269 e. The number of benzene rings is 3. The quantitative estimate of drug-likeness (QED) is 0.319. The van der Waals surface area contributed by atoms with E-state index in [-0.39, 0.29) is 23.9 Å². The first kappa shape index (κ1) is 20.1. The maximum atomic E-state index is 12.8. The van der Waals surface area contributed by atoms with Crippen molar-refractivity contribution in [1.82, 2.24) is 0 Å². The Morgan fingerprint density at radius 1 is 1.00 bits per heavy atom. The van der Waals surface area contributed by atoms with Gasteiger partial charge >= 0.3 is 0 Å². The number of carbonyl (C=O) groups excluding carboxylic acids is 1. The Morgan fingerprint density at radius 3 is 2.17 bits per heavy atom. The molecule has 0 aliphatic carbocycles. The number of non-ortho nitro benzene ring substituents is 1. The van der Waals surface area contributed by atoms with Gasteiger partial charge in [0.25, 0.3) is 5.69 Å². The summed E-state index contributed by atoms with van der Waals surface area (Å²) in [5.74, 6) is 0.743. The molecule has 3 aromatic rings. The van der Waals surface area contributed by atoms with Crippen LogP contribution in [0, 0.1) is 17.0 Å². The van der Waals surface area contributed by atoms with Gasteiger partial charge in [0, 0.05) is 29.8 Å². The maximum absolute atomic E-state index is 12.8. The SMILES string of the molecule is COc1ccc([C@@H](CC(=O)c2ccc(C)cc2)Nc2ccc([N+](=O)[O-])cc2)cc1. The van der Waals surface area contributed by atoms with E-state index in [2.05, 4.69) is 5.32 Å². The van der Waals surface area contributed by atoms with Crippen molar-refractivity contribution in [3.63, 3.8) is 0 Å².